The van der Waals surface area contributed by atoms with E-state index in [0.717, 1.165) is 11.8 Å². The highest BCUT2D eigenvalue weighted by Gasteiger charge is 2.10. The second kappa shape index (κ2) is 5.95. The molecular weight excluding hydrogens is 193 g/mol. The van der Waals surface area contributed by atoms with Crippen molar-refractivity contribution in [3.63, 3.8) is 0 Å². The van der Waals surface area contributed by atoms with Gasteiger partial charge in [0.05, 0.1) is 6.54 Å². The normalized spacial score (nSPS) is 12.0. The predicted molar refractivity (Wildman–Crippen MR) is 58.9 cm³/mol. The van der Waals surface area contributed by atoms with Gasteiger partial charge in [0.15, 0.2) is 0 Å². The molecule has 15 heavy (non-hydrogen) atoms. The first-order valence-corrected chi connectivity index (χ1v) is 4.40. The number of nitrogens with zero attached hydrogens (tertiary/aromatic N) is 2. The van der Waals surface area contributed by atoms with Crippen molar-refractivity contribution in [2.75, 3.05) is 0 Å². The number of aliphatic imine (C=N–C) groups is 1. The van der Waals surface area contributed by atoms with Crippen molar-refractivity contribution in [3.8, 4) is 0 Å². The topological polar surface area (TPSA) is 91.7 Å². The van der Waals surface area contributed by atoms with Crippen molar-refractivity contribution in [1.29, 1.82) is 0 Å². The van der Waals surface area contributed by atoms with Crippen LogP contribution in [0.25, 0.3) is 0 Å². The van der Waals surface area contributed by atoms with Gasteiger partial charge in [-0.1, -0.05) is 0 Å². The van der Waals surface area contributed by atoms with E-state index in [1.807, 2.05) is 12.1 Å². The quantitative estimate of drug-likeness (QED) is 0.456. The summed E-state index contributed by atoms with van der Waals surface area (Å²) < 4.78 is 0. The molecule has 0 atom stereocenters. The molecule has 0 bridgehead atoms. The van der Waals surface area contributed by atoms with Crippen LogP contribution in [-0.4, -0.2) is 28.4 Å². The fraction of sp³-hybridized carbons (Fsp3) is 0.111. The van der Waals surface area contributed by atoms with Crippen LogP contribution in [0.1, 0.15) is 5.56 Å². The number of rotatable bonds is 4. The lowest BCUT2D eigenvalue weighted by Crippen LogP contribution is -2.17. The molecule has 0 aromatic carbocycles. The van der Waals surface area contributed by atoms with Crippen LogP contribution in [0.4, 0.5) is 0 Å². The molecule has 0 aliphatic heterocycles. The highest BCUT2D eigenvalue weighted by molar-refractivity contribution is 6.56. The molecule has 1 heterocycles. The Bertz CT molecular complexity index is 352. The molecule has 0 radical (unpaired) electrons. The molecule has 5 nitrogen and oxygen atoms in total. The molecule has 78 valence electrons. The summed E-state index contributed by atoms with van der Waals surface area (Å²) in [5.41, 5.74) is 6.33. The van der Waals surface area contributed by atoms with E-state index in [-0.39, 0.29) is 5.47 Å². The van der Waals surface area contributed by atoms with Crippen LogP contribution in [0.5, 0.6) is 0 Å². The predicted octanol–water partition coefficient (Wildman–Crippen LogP) is -0.493. The summed E-state index contributed by atoms with van der Waals surface area (Å²) in [6, 6.07) is 3.66. The lowest BCUT2D eigenvalue weighted by Gasteiger charge is -1.97. The molecule has 0 fully saturated rings. The molecule has 0 amide bonds. The monoisotopic (exact) mass is 205 g/mol. The van der Waals surface area contributed by atoms with E-state index in [1.165, 1.54) is 6.21 Å². The summed E-state index contributed by atoms with van der Waals surface area (Å²) in [5.74, 6) is 0. The van der Waals surface area contributed by atoms with Crippen LogP contribution in [0.2, 0.25) is 0 Å². The molecule has 0 saturated carbocycles. The van der Waals surface area contributed by atoms with Crippen molar-refractivity contribution in [1.82, 2.24) is 4.98 Å². The molecule has 1 aromatic heterocycles. The lowest BCUT2D eigenvalue weighted by atomic mass is 9.81. The molecule has 0 saturated heterocycles. The van der Waals surface area contributed by atoms with E-state index in [9.17, 15) is 0 Å². The fourth-order valence-corrected chi connectivity index (χ4v) is 0.940. The first-order valence-electron chi connectivity index (χ1n) is 4.40. The van der Waals surface area contributed by atoms with Gasteiger partial charge in [-0.2, -0.15) is 0 Å². The summed E-state index contributed by atoms with van der Waals surface area (Å²) in [6.07, 6.45) is 5.79. The third kappa shape index (κ3) is 3.93. The Morgan fingerprint density at radius 1 is 1.47 bits per heavy atom. The van der Waals surface area contributed by atoms with Gasteiger partial charge >= 0.3 is 7.12 Å². The maximum absolute atomic E-state index is 8.82. The molecule has 6 heteroatoms. The van der Waals surface area contributed by atoms with E-state index >= 15 is 0 Å². The first kappa shape index (κ1) is 11.4. The highest BCUT2D eigenvalue weighted by atomic mass is 16.4. The largest absolute Gasteiger partial charge is 0.491 e. The minimum atomic E-state index is -1.59. The van der Waals surface area contributed by atoms with E-state index in [4.69, 9.17) is 15.8 Å². The van der Waals surface area contributed by atoms with Crippen molar-refractivity contribution in [2.24, 2.45) is 10.7 Å². The smallest absolute Gasteiger partial charge is 0.423 e. The van der Waals surface area contributed by atoms with Crippen molar-refractivity contribution in [2.45, 2.75) is 6.54 Å². The summed E-state index contributed by atoms with van der Waals surface area (Å²) >= 11 is 0. The third-order valence-electron chi connectivity index (χ3n) is 1.75. The maximum atomic E-state index is 8.82. The van der Waals surface area contributed by atoms with Gasteiger partial charge in [0, 0.05) is 24.1 Å². The van der Waals surface area contributed by atoms with Crippen LogP contribution in [0, 0.1) is 0 Å². The van der Waals surface area contributed by atoms with Crippen LogP contribution in [0.15, 0.2) is 41.2 Å². The lowest BCUT2D eigenvalue weighted by molar-refractivity contribution is 0.422. The third-order valence-corrected chi connectivity index (χ3v) is 1.75. The van der Waals surface area contributed by atoms with E-state index < -0.39 is 7.12 Å². The molecule has 0 aliphatic carbocycles. The molecule has 1 aromatic rings. The zero-order chi connectivity index (χ0) is 11.1. The zero-order valence-electron chi connectivity index (χ0n) is 8.11. The first-order chi connectivity index (χ1) is 7.24. The number of hydrogen-bond acceptors (Lipinski definition) is 5. The average Bonchev–Trinajstić information content (AvgIpc) is 2.25. The van der Waals surface area contributed by atoms with E-state index in [1.54, 1.807) is 12.4 Å². The molecule has 4 N–H and O–H groups in total. The number of nitrogens with two attached hydrogens (primary N) is 1. The van der Waals surface area contributed by atoms with E-state index in [0.29, 0.717) is 6.54 Å². The van der Waals surface area contributed by atoms with Crippen LogP contribution < -0.4 is 5.73 Å². The number of pyridine rings is 1. The second-order valence-corrected chi connectivity index (χ2v) is 2.87. The maximum Gasteiger partial charge on any atom is 0.491 e. The van der Waals surface area contributed by atoms with Crippen LogP contribution in [0.3, 0.4) is 0 Å². The zero-order valence-corrected chi connectivity index (χ0v) is 8.11. The Balaban J connectivity index is 2.53. The average molecular weight is 205 g/mol. The summed E-state index contributed by atoms with van der Waals surface area (Å²) in [6.45, 7) is 0.451. The van der Waals surface area contributed by atoms with Crippen LogP contribution >= 0.6 is 0 Å². The Morgan fingerprint density at radius 3 is 2.67 bits per heavy atom. The number of allylic oxidation sites excluding steroid dienone is 1. The summed E-state index contributed by atoms with van der Waals surface area (Å²) in [4.78, 5) is 7.88. The van der Waals surface area contributed by atoms with Gasteiger partial charge in [-0.05, 0) is 23.9 Å². The van der Waals surface area contributed by atoms with Gasteiger partial charge in [0.25, 0.3) is 0 Å². The van der Waals surface area contributed by atoms with E-state index in [2.05, 4.69) is 9.98 Å². The minimum absolute atomic E-state index is 0.170. The van der Waals surface area contributed by atoms with Crippen molar-refractivity contribution >= 4 is 13.3 Å². The number of hydrogen-bond donors (Lipinski definition) is 3. The highest BCUT2D eigenvalue weighted by Crippen LogP contribution is 1.98. The molecule has 0 unspecified atom stereocenters. The SMILES string of the molecule is NC=C(C=NCc1ccncc1)B(O)O. The second-order valence-electron chi connectivity index (χ2n) is 2.87. The molecular formula is C9H12BN3O2. The Morgan fingerprint density at radius 2 is 2.13 bits per heavy atom. The van der Waals surface area contributed by atoms with Crippen LogP contribution in [-0.2, 0) is 6.54 Å². The van der Waals surface area contributed by atoms with Crippen molar-refractivity contribution in [3.05, 3.63) is 41.8 Å². The number of aromatic nitrogens is 1. The van der Waals surface area contributed by atoms with Gasteiger partial charge in [-0.3, -0.25) is 9.98 Å². The van der Waals surface area contributed by atoms with Gasteiger partial charge in [0.1, 0.15) is 0 Å². The minimum Gasteiger partial charge on any atom is -0.423 e. The summed E-state index contributed by atoms with van der Waals surface area (Å²) in [5, 5.41) is 17.6. The van der Waals surface area contributed by atoms with Crippen molar-refractivity contribution < 1.29 is 10.0 Å². The Hall–Kier alpha value is -1.66. The Labute approximate surface area is 88.1 Å². The molecule has 0 spiro atoms. The van der Waals surface area contributed by atoms with Gasteiger partial charge < -0.3 is 15.8 Å². The standard InChI is InChI=1S/C9H12BN3O2/c11-5-9(10(14)15)7-13-6-8-1-3-12-4-2-8/h1-5,7,14-15H,6,11H2. The van der Waals surface area contributed by atoms with Gasteiger partial charge in [-0.15, -0.1) is 0 Å². The fourth-order valence-electron chi connectivity index (χ4n) is 0.940. The van der Waals surface area contributed by atoms with Gasteiger partial charge in [0.2, 0.25) is 0 Å². The Kier molecular flexibility index (Phi) is 4.53. The summed E-state index contributed by atoms with van der Waals surface area (Å²) in [7, 11) is -1.59. The van der Waals surface area contributed by atoms with Gasteiger partial charge in [-0.25, -0.2) is 0 Å². The molecule has 0 aliphatic rings. The molecule has 1 rings (SSSR count).